The Hall–Kier alpha value is -2.71. The van der Waals surface area contributed by atoms with Gasteiger partial charge in [0.1, 0.15) is 5.75 Å². The van der Waals surface area contributed by atoms with Crippen molar-refractivity contribution in [3.8, 4) is 5.75 Å². The van der Waals surface area contributed by atoms with Crippen molar-refractivity contribution < 1.29 is 23.0 Å². The molecule has 0 bridgehead atoms. The van der Waals surface area contributed by atoms with Crippen molar-refractivity contribution in [1.29, 1.82) is 0 Å². The van der Waals surface area contributed by atoms with Crippen LogP contribution in [0.2, 0.25) is 5.02 Å². The fourth-order valence-corrected chi connectivity index (χ4v) is 4.85. The van der Waals surface area contributed by atoms with E-state index in [2.05, 4.69) is 10.3 Å². The number of anilines is 1. The summed E-state index contributed by atoms with van der Waals surface area (Å²) in [6, 6.07) is 9.19. The number of fused-ring (bicyclic) bond motifs is 2. The number of aromatic nitrogens is 1. The van der Waals surface area contributed by atoms with Crippen LogP contribution in [0, 0.1) is 0 Å². The number of ether oxygens (including phenoxy) is 1. The summed E-state index contributed by atoms with van der Waals surface area (Å²) in [5, 5.41) is 14.8. The first-order valence-corrected chi connectivity index (χ1v) is 10.3. The Labute approximate surface area is 187 Å². The zero-order chi connectivity index (χ0) is 23.5. The second-order valence-corrected chi connectivity index (χ2v) is 9.13. The molecule has 2 atom stereocenters. The number of rotatable bonds is 3. The molecular weight excluding hydrogens is 445 g/mol. The second-order valence-electron chi connectivity index (χ2n) is 8.72. The molecule has 3 N–H and O–H groups in total. The molecule has 1 aromatic heterocycles. The highest BCUT2D eigenvalue weighted by molar-refractivity contribution is 6.32. The van der Waals surface area contributed by atoms with E-state index < -0.39 is 29.7 Å². The van der Waals surface area contributed by atoms with Gasteiger partial charge in [-0.25, -0.2) is 0 Å². The number of aliphatic hydroxyl groups is 1. The molecular formula is C23H22ClF3N2O3. The summed E-state index contributed by atoms with van der Waals surface area (Å²) in [5.74, 6) is 0.210. The molecule has 2 aromatic carbocycles. The van der Waals surface area contributed by atoms with Crippen LogP contribution in [0.25, 0.3) is 10.9 Å². The van der Waals surface area contributed by atoms with Crippen molar-refractivity contribution in [2.45, 2.75) is 43.5 Å². The molecule has 1 aliphatic carbocycles. The predicted octanol–water partition coefficient (Wildman–Crippen LogP) is 5.32. The molecule has 4 rings (SSSR count). The molecule has 0 amide bonds. The summed E-state index contributed by atoms with van der Waals surface area (Å²) < 4.78 is 48.3. The minimum atomic E-state index is -4.93. The molecule has 1 aliphatic rings. The summed E-state index contributed by atoms with van der Waals surface area (Å²) in [7, 11) is 1.38. The van der Waals surface area contributed by atoms with E-state index in [-0.39, 0.29) is 21.9 Å². The molecule has 5 nitrogen and oxygen atoms in total. The van der Waals surface area contributed by atoms with Crippen LogP contribution in [0.3, 0.4) is 0 Å². The van der Waals surface area contributed by atoms with E-state index in [1.54, 1.807) is 38.1 Å². The number of alkyl halides is 3. The molecule has 2 unspecified atom stereocenters. The number of pyridine rings is 1. The second kappa shape index (κ2) is 7.42. The Morgan fingerprint density at radius 3 is 2.59 bits per heavy atom. The number of aromatic amines is 1. The first kappa shape index (κ1) is 22.5. The fourth-order valence-electron chi connectivity index (χ4n) is 4.61. The highest BCUT2D eigenvalue weighted by atomic mass is 35.5. The van der Waals surface area contributed by atoms with Gasteiger partial charge in [-0.05, 0) is 53.3 Å². The monoisotopic (exact) mass is 466 g/mol. The van der Waals surface area contributed by atoms with E-state index in [4.69, 9.17) is 16.3 Å². The highest BCUT2D eigenvalue weighted by Crippen LogP contribution is 2.55. The maximum Gasteiger partial charge on any atom is 0.419 e. The Bertz CT molecular complexity index is 1260. The fraction of sp³-hybridized carbons (Fsp3) is 0.348. The summed E-state index contributed by atoms with van der Waals surface area (Å²) in [6.07, 6.45) is -5.50. The van der Waals surface area contributed by atoms with Crippen molar-refractivity contribution in [1.82, 2.24) is 4.98 Å². The van der Waals surface area contributed by atoms with Crippen LogP contribution in [0.5, 0.6) is 5.75 Å². The van der Waals surface area contributed by atoms with E-state index in [1.807, 2.05) is 0 Å². The molecule has 32 heavy (non-hydrogen) atoms. The number of nitrogens with one attached hydrogen (secondary N) is 2. The molecule has 3 aromatic rings. The van der Waals surface area contributed by atoms with Crippen LogP contribution in [0.1, 0.15) is 37.4 Å². The van der Waals surface area contributed by atoms with Gasteiger partial charge in [0.15, 0.2) is 5.60 Å². The summed E-state index contributed by atoms with van der Waals surface area (Å²) in [4.78, 5) is 14.3. The number of halogens is 4. The number of methoxy groups -OCH3 is 1. The van der Waals surface area contributed by atoms with Crippen molar-refractivity contribution in [3.63, 3.8) is 0 Å². The first-order chi connectivity index (χ1) is 14.9. The van der Waals surface area contributed by atoms with Gasteiger partial charge in [-0.1, -0.05) is 31.5 Å². The third-order valence-corrected chi connectivity index (χ3v) is 6.40. The first-order valence-electron chi connectivity index (χ1n) is 9.93. The average Bonchev–Trinajstić information content (AvgIpc) is 2.69. The number of benzene rings is 2. The van der Waals surface area contributed by atoms with Gasteiger partial charge in [0.25, 0.3) is 0 Å². The quantitative estimate of drug-likeness (QED) is 0.488. The van der Waals surface area contributed by atoms with Crippen molar-refractivity contribution in [2.24, 2.45) is 0 Å². The lowest BCUT2D eigenvalue weighted by atomic mass is 9.63. The van der Waals surface area contributed by atoms with E-state index in [9.17, 15) is 23.1 Å². The summed E-state index contributed by atoms with van der Waals surface area (Å²) in [5.41, 5.74) is -2.79. The molecule has 0 spiro atoms. The third kappa shape index (κ3) is 3.51. The zero-order valence-electron chi connectivity index (χ0n) is 17.6. The smallest absolute Gasteiger partial charge is 0.419 e. The molecule has 0 saturated carbocycles. The lowest BCUT2D eigenvalue weighted by Crippen LogP contribution is -2.58. The Morgan fingerprint density at radius 1 is 1.22 bits per heavy atom. The highest BCUT2D eigenvalue weighted by Gasteiger charge is 2.64. The zero-order valence-corrected chi connectivity index (χ0v) is 18.4. The van der Waals surface area contributed by atoms with Crippen molar-refractivity contribution in [2.75, 3.05) is 12.4 Å². The van der Waals surface area contributed by atoms with E-state index in [1.165, 1.54) is 25.3 Å². The third-order valence-electron chi connectivity index (χ3n) is 6.11. The van der Waals surface area contributed by atoms with Gasteiger partial charge in [-0.15, -0.1) is 0 Å². The number of H-pyrrole nitrogens is 1. The lowest BCUT2D eigenvalue weighted by molar-refractivity contribution is -0.275. The van der Waals surface area contributed by atoms with Gasteiger partial charge < -0.3 is 20.1 Å². The number of hydrogen-bond donors (Lipinski definition) is 3. The van der Waals surface area contributed by atoms with Gasteiger partial charge in [0.05, 0.1) is 23.7 Å². The minimum Gasteiger partial charge on any atom is -0.495 e. The maximum atomic E-state index is 14.3. The normalized spacial score (nSPS) is 22.4. The Kier molecular flexibility index (Phi) is 5.21. The maximum absolute atomic E-state index is 14.3. The summed E-state index contributed by atoms with van der Waals surface area (Å²) >= 11 is 6.29. The minimum absolute atomic E-state index is 0.210. The molecule has 0 aliphatic heterocycles. The van der Waals surface area contributed by atoms with E-state index in [0.29, 0.717) is 22.2 Å². The van der Waals surface area contributed by atoms with Crippen LogP contribution in [-0.2, 0) is 5.41 Å². The van der Waals surface area contributed by atoms with Gasteiger partial charge in [0.2, 0.25) is 5.56 Å². The topological polar surface area (TPSA) is 74.3 Å². The predicted molar refractivity (Wildman–Crippen MR) is 118 cm³/mol. The van der Waals surface area contributed by atoms with Gasteiger partial charge >= 0.3 is 6.18 Å². The van der Waals surface area contributed by atoms with Gasteiger partial charge in [-0.3, -0.25) is 4.79 Å². The lowest BCUT2D eigenvalue weighted by Gasteiger charge is -2.49. The van der Waals surface area contributed by atoms with Crippen molar-refractivity contribution in [3.05, 3.63) is 69.0 Å². The van der Waals surface area contributed by atoms with Crippen molar-refractivity contribution >= 4 is 28.2 Å². The van der Waals surface area contributed by atoms with Gasteiger partial charge in [0, 0.05) is 17.1 Å². The Balaban J connectivity index is 1.97. The average molecular weight is 467 g/mol. The Morgan fingerprint density at radius 2 is 1.94 bits per heavy atom. The largest absolute Gasteiger partial charge is 0.495 e. The summed E-state index contributed by atoms with van der Waals surface area (Å²) in [6.45, 7) is 3.29. The van der Waals surface area contributed by atoms with E-state index in [0.717, 1.165) is 0 Å². The standard InChI is InChI=1S/C23H22ClF3N2O3/c1-21(2)11-22(31,23(25,26)27)20(13-9-18(32-3)15(24)10-14(13)21)29-17-6-4-5-16-12(17)7-8-19(30)28-16/h4-10,20,29,31H,11H2,1-3H3,(H,28,30). The molecule has 0 saturated heterocycles. The molecule has 0 radical (unpaired) electrons. The molecule has 170 valence electrons. The SMILES string of the molecule is COc1cc2c(cc1Cl)C(C)(C)CC(O)(C(F)(F)F)C2Nc1cccc2[nH]c(=O)ccc12. The van der Waals surface area contributed by atoms with Crippen LogP contribution in [0.4, 0.5) is 18.9 Å². The molecule has 9 heteroatoms. The number of hydrogen-bond acceptors (Lipinski definition) is 4. The van der Waals surface area contributed by atoms with Crippen LogP contribution < -0.4 is 15.6 Å². The van der Waals surface area contributed by atoms with Gasteiger partial charge in [-0.2, -0.15) is 13.2 Å². The molecule has 0 fully saturated rings. The van der Waals surface area contributed by atoms with Crippen LogP contribution >= 0.6 is 11.6 Å². The van der Waals surface area contributed by atoms with Crippen LogP contribution in [0.15, 0.2) is 47.3 Å². The van der Waals surface area contributed by atoms with E-state index >= 15 is 0 Å². The molecule has 1 heterocycles. The van der Waals surface area contributed by atoms with Crippen LogP contribution in [-0.4, -0.2) is 29.0 Å².